The molecular formula is C20H25Cl2N3O3. The van der Waals surface area contributed by atoms with Crippen molar-refractivity contribution in [3.63, 3.8) is 0 Å². The quantitative estimate of drug-likeness (QED) is 0.655. The van der Waals surface area contributed by atoms with Gasteiger partial charge < -0.3 is 19.9 Å². The molecule has 4 rings (SSSR count). The lowest BCUT2D eigenvalue weighted by Crippen LogP contribution is -2.15. The fourth-order valence-corrected chi connectivity index (χ4v) is 3.32. The number of rotatable bonds is 6. The van der Waals surface area contributed by atoms with Gasteiger partial charge in [-0.25, -0.2) is 4.98 Å². The van der Waals surface area contributed by atoms with Crippen molar-refractivity contribution in [1.82, 2.24) is 9.55 Å². The van der Waals surface area contributed by atoms with E-state index in [0.717, 1.165) is 40.5 Å². The Balaban J connectivity index is 0.00000140. The average Bonchev–Trinajstić information content (AvgIpc) is 3.01. The highest BCUT2D eigenvalue weighted by Gasteiger charge is 2.19. The van der Waals surface area contributed by atoms with Gasteiger partial charge in [-0.15, -0.1) is 24.8 Å². The second-order valence-electron chi connectivity index (χ2n) is 6.30. The van der Waals surface area contributed by atoms with Gasteiger partial charge in [0, 0.05) is 31.4 Å². The molecule has 0 unspecified atom stereocenters. The van der Waals surface area contributed by atoms with Crippen molar-refractivity contribution in [3.8, 4) is 17.2 Å². The van der Waals surface area contributed by atoms with Crippen LogP contribution >= 0.6 is 24.8 Å². The summed E-state index contributed by atoms with van der Waals surface area (Å²) in [6.07, 6.45) is 1.57. The van der Waals surface area contributed by atoms with Crippen LogP contribution in [-0.4, -0.2) is 43.0 Å². The van der Waals surface area contributed by atoms with Crippen LogP contribution in [-0.2, 0) is 17.6 Å². The highest BCUT2D eigenvalue weighted by atomic mass is 35.5. The van der Waals surface area contributed by atoms with Crippen molar-refractivity contribution in [2.45, 2.75) is 12.8 Å². The number of benzene rings is 2. The van der Waals surface area contributed by atoms with Crippen LogP contribution in [0.15, 0.2) is 36.4 Å². The van der Waals surface area contributed by atoms with Crippen LogP contribution < -0.4 is 15.2 Å². The molecule has 0 atom stereocenters. The van der Waals surface area contributed by atoms with Crippen molar-refractivity contribution in [3.05, 3.63) is 47.8 Å². The molecule has 1 aliphatic rings. The van der Waals surface area contributed by atoms with Crippen molar-refractivity contribution in [2.24, 2.45) is 5.73 Å². The van der Waals surface area contributed by atoms with Gasteiger partial charge in [0.1, 0.15) is 19.0 Å². The number of methoxy groups -OCH3 is 1. The molecule has 0 radical (unpaired) electrons. The van der Waals surface area contributed by atoms with E-state index in [4.69, 9.17) is 24.9 Å². The molecule has 3 aromatic rings. The lowest BCUT2D eigenvalue weighted by atomic mass is 10.1. The lowest BCUT2D eigenvalue weighted by Gasteiger charge is -2.18. The molecule has 2 aromatic carbocycles. The fraction of sp³-hybridized carbons (Fsp3) is 0.350. The maximum Gasteiger partial charge on any atom is 0.163 e. The summed E-state index contributed by atoms with van der Waals surface area (Å²) in [5.74, 6) is 2.45. The molecule has 2 heterocycles. The van der Waals surface area contributed by atoms with Gasteiger partial charge in [-0.05, 0) is 30.7 Å². The van der Waals surface area contributed by atoms with Crippen molar-refractivity contribution >= 4 is 35.8 Å². The average molecular weight is 426 g/mol. The predicted molar refractivity (Wildman–Crippen MR) is 115 cm³/mol. The van der Waals surface area contributed by atoms with E-state index in [1.165, 1.54) is 5.56 Å². The maximum absolute atomic E-state index is 5.83. The van der Waals surface area contributed by atoms with Crippen LogP contribution in [0.2, 0.25) is 0 Å². The first-order valence-electron chi connectivity index (χ1n) is 8.89. The second-order valence-corrected chi connectivity index (χ2v) is 6.30. The molecule has 152 valence electrons. The largest absolute Gasteiger partial charge is 0.486 e. The van der Waals surface area contributed by atoms with Crippen LogP contribution in [0.25, 0.3) is 16.7 Å². The third-order valence-corrected chi connectivity index (χ3v) is 4.52. The van der Waals surface area contributed by atoms with Gasteiger partial charge in [0.05, 0.1) is 17.6 Å². The van der Waals surface area contributed by atoms with E-state index in [-0.39, 0.29) is 24.8 Å². The minimum atomic E-state index is 0. The summed E-state index contributed by atoms with van der Waals surface area (Å²) in [5.41, 5.74) is 10.0. The smallest absolute Gasteiger partial charge is 0.163 e. The van der Waals surface area contributed by atoms with Crippen LogP contribution in [0, 0.1) is 0 Å². The Morgan fingerprint density at radius 3 is 2.54 bits per heavy atom. The van der Waals surface area contributed by atoms with Crippen molar-refractivity contribution in [2.75, 3.05) is 33.5 Å². The first-order chi connectivity index (χ1) is 12.8. The zero-order valence-electron chi connectivity index (χ0n) is 15.7. The van der Waals surface area contributed by atoms with E-state index < -0.39 is 0 Å². The van der Waals surface area contributed by atoms with Crippen LogP contribution in [0.4, 0.5) is 0 Å². The topological polar surface area (TPSA) is 71.5 Å². The normalized spacial score (nSPS) is 12.4. The molecule has 0 fully saturated rings. The van der Waals surface area contributed by atoms with Gasteiger partial charge in [0.2, 0.25) is 0 Å². The summed E-state index contributed by atoms with van der Waals surface area (Å²) >= 11 is 0. The number of imidazole rings is 1. The standard InChI is InChI=1S/C20H23N3O3.2ClH/c1-24-8-6-14-3-2-4-15(11-14)23-17-13-19-18(25-9-10-26-19)12-16(17)22-20(23)5-7-21;;/h2-4,11-13H,5-10,21H2,1H3;2*1H. The number of fused-ring (bicyclic) bond motifs is 2. The zero-order chi connectivity index (χ0) is 17.9. The molecule has 1 aromatic heterocycles. The molecule has 28 heavy (non-hydrogen) atoms. The van der Waals surface area contributed by atoms with Gasteiger partial charge in [-0.1, -0.05) is 12.1 Å². The third-order valence-electron chi connectivity index (χ3n) is 4.52. The van der Waals surface area contributed by atoms with Crippen LogP contribution in [0.5, 0.6) is 11.5 Å². The van der Waals surface area contributed by atoms with Gasteiger partial charge >= 0.3 is 0 Å². The number of nitrogens with zero attached hydrogens (tertiary/aromatic N) is 2. The number of aromatic nitrogens is 2. The van der Waals surface area contributed by atoms with E-state index in [0.29, 0.717) is 32.8 Å². The molecule has 6 nitrogen and oxygen atoms in total. The van der Waals surface area contributed by atoms with E-state index in [1.54, 1.807) is 7.11 Å². The summed E-state index contributed by atoms with van der Waals surface area (Å²) in [7, 11) is 1.72. The first kappa shape index (κ1) is 22.3. The Kier molecular flexibility index (Phi) is 7.95. The monoisotopic (exact) mass is 425 g/mol. The van der Waals surface area contributed by atoms with Crippen molar-refractivity contribution < 1.29 is 14.2 Å². The molecule has 8 heteroatoms. The van der Waals surface area contributed by atoms with Gasteiger partial charge in [0.25, 0.3) is 0 Å². The highest BCUT2D eigenvalue weighted by molar-refractivity contribution is 5.85. The molecule has 0 aliphatic carbocycles. The van der Waals surface area contributed by atoms with E-state index >= 15 is 0 Å². The second kappa shape index (κ2) is 9.98. The van der Waals surface area contributed by atoms with Crippen molar-refractivity contribution in [1.29, 1.82) is 0 Å². The van der Waals surface area contributed by atoms with Crippen LogP contribution in [0.3, 0.4) is 0 Å². The number of ether oxygens (including phenoxy) is 3. The third kappa shape index (κ3) is 4.36. The number of hydrogen-bond acceptors (Lipinski definition) is 5. The summed E-state index contributed by atoms with van der Waals surface area (Å²) in [4.78, 5) is 4.80. The predicted octanol–water partition coefficient (Wildman–Crippen LogP) is 3.33. The Morgan fingerprint density at radius 2 is 1.82 bits per heavy atom. The SMILES string of the molecule is COCCc1cccc(-n2c(CCN)nc3cc4c(cc32)OCCO4)c1.Cl.Cl. The number of hydrogen-bond donors (Lipinski definition) is 1. The minimum Gasteiger partial charge on any atom is -0.486 e. The molecule has 2 N–H and O–H groups in total. The molecule has 0 amide bonds. The summed E-state index contributed by atoms with van der Waals surface area (Å²) in [6.45, 7) is 2.37. The van der Waals surface area contributed by atoms with E-state index in [9.17, 15) is 0 Å². The van der Waals surface area contributed by atoms with Crippen LogP contribution in [0.1, 0.15) is 11.4 Å². The number of halogens is 2. The van der Waals surface area contributed by atoms with E-state index in [2.05, 4.69) is 28.8 Å². The lowest BCUT2D eigenvalue weighted by molar-refractivity contribution is 0.172. The summed E-state index contributed by atoms with van der Waals surface area (Å²) < 4.78 is 18.8. The fourth-order valence-electron chi connectivity index (χ4n) is 3.32. The van der Waals surface area contributed by atoms with Gasteiger partial charge in [0.15, 0.2) is 11.5 Å². The maximum atomic E-state index is 5.83. The van der Waals surface area contributed by atoms with Gasteiger partial charge in [-0.2, -0.15) is 0 Å². The molecule has 0 spiro atoms. The zero-order valence-corrected chi connectivity index (χ0v) is 17.4. The minimum absolute atomic E-state index is 0. The van der Waals surface area contributed by atoms with Gasteiger partial charge in [-0.3, -0.25) is 4.57 Å². The summed E-state index contributed by atoms with van der Waals surface area (Å²) in [6, 6.07) is 12.4. The summed E-state index contributed by atoms with van der Waals surface area (Å²) in [5, 5.41) is 0. The first-order valence-corrected chi connectivity index (χ1v) is 8.89. The molecule has 0 saturated heterocycles. The Hall–Kier alpha value is -1.99. The van der Waals surface area contributed by atoms with E-state index in [1.807, 2.05) is 12.1 Å². The number of nitrogens with two attached hydrogens (primary N) is 1. The Morgan fingerprint density at radius 1 is 1.07 bits per heavy atom. The molecule has 1 aliphatic heterocycles. The molecule has 0 bridgehead atoms. The highest BCUT2D eigenvalue weighted by Crippen LogP contribution is 2.36. The Bertz CT molecular complexity index is 930. The Labute approximate surface area is 176 Å². The molecule has 0 saturated carbocycles. The molecular weight excluding hydrogens is 401 g/mol.